The molecule has 1 fully saturated rings. The quantitative estimate of drug-likeness (QED) is 0.829. The van der Waals surface area contributed by atoms with E-state index in [1.54, 1.807) is 0 Å². The van der Waals surface area contributed by atoms with Gasteiger partial charge in [0, 0.05) is 25.7 Å². The van der Waals surface area contributed by atoms with Crippen LogP contribution in [0.2, 0.25) is 0 Å². The molecule has 1 aliphatic rings. The van der Waals surface area contributed by atoms with Crippen molar-refractivity contribution in [3.05, 3.63) is 35.4 Å². The fourth-order valence-electron chi connectivity index (χ4n) is 3.09. The number of benzene rings is 1. The largest absolute Gasteiger partial charge is 0.392 e. The topological polar surface area (TPSA) is 30.0 Å². The Labute approximate surface area is 135 Å². The van der Waals surface area contributed by atoms with Gasteiger partial charge in [-0.2, -0.15) is 0 Å². The molecule has 1 saturated heterocycles. The van der Waals surface area contributed by atoms with E-state index in [2.05, 4.69) is 48.0 Å². The van der Waals surface area contributed by atoms with Gasteiger partial charge < -0.3 is 19.8 Å². The summed E-state index contributed by atoms with van der Waals surface area (Å²) in [5.41, 5.74) is 2.29. The molecule has 0 aromatic heterocycles. The number of aliphatic hydroxyl groups excluding tert-OH is 1. The molecule has 0 radical (unpaired) electrons. The Morgan fingerprint density at radius 2 is 1.64 bits per heavy atom. The third-order valence-electron chi connectivity index (χ3n) is 4.80. The molecule has 0 aliphatic carbocycles. The van der Waals surface area contributed by atoms with Crippen molar-refractivity contribution in [2.75, 3.05) is 47.3 Å². The lowest BCUT2D eigenvalue weighted by atomic mass is 10.0. The van der Waals surface area contributed by atoms with E-state index < -0.39 is 0 Å². The Balaban J connectivity index is 1.71. The summed E-state index contributed by atoms with van der Waals surface area (Å²) in [6.07, 6.45) is 2.58. The first-order chi connectivity index (χ1) is 10.6. The van der Waals surface area contributed by atoms with E-state index >= 15 is 0 Å². The molecule has 1 aromatic carbocycles. The van der Waals surface area contributed by atoms with E-state index in [1.807, 2.05) is 12.1 Å². The van der Waals surface area contributed by atoms with Crippen LogP contribution in [-0.4, -0.2) is 73.2 Å². The van der Waals surface area contributed by atoms with Crippen LogP contribution >= 0.6 is 0 Å². The van der Waals surface area contributed by atoms with Crippen LogP contribution in [0.1, 0.15) is 24.0 Å². The van der Waals surface area contributed by atoms with Crippen LogP contribution in [-0.2, 0) is 13.2 Å². The Morgan fingerprint density at radius 3 is 2.23 bits per heavy atom. The number of likely N-dealkylation sites (N-methyl/N-ethyl adjacent to an activating group) is 2. The van der Waals surface area contributed by atoms with Crippen molar-refractivity contribution >= 4 is 0 Å². The summed E-state index contributed by atoms with van der Waals surface area (Å²) in [5.74, 6) is 0. The maximum atomic E-state index is 9.08. The summed E-state index contributed by atoms with van der Waals surface area (Å²) >= 11 is 0. The van der Waals surface area contributed by atoms with Crippen molar-refractivity contribution < 1.29 is 5.11 Å². The van der Waals surface area contributed by atoms with Gasteiger partial charge in [0.05, 0.1) is 6.61 Å². The molecule has 0 spiro atoms. The molecule has 1 aromatic rings. The summed E-state index contributed by atoms with van der Waals surface area (Å²) in [5, 5.41) is 9.08. The number of hydrogen-bond acceptors (Lipinski definition) is 4. The van der Waals surface area contributed by atoms with E-state index in [-0.39, 0.29) is 6.61 Å². The highest BCUT2D eigenvalue weighted by molar-refractivity contribution is 5.21. The molecular formula is C18H31N3O. The molecule has 2 rings (SSSR count). The Hall–Kier alpha value is -0.940. The molecule has 1 aliphatic heterocycles. The summed E-state index contributed by atoms with van der Waals surface area (Å²) in [6, 6.07) is 8.99. The Kier molecular flexibility index (Phi) is 6.83. The number of aliphatic hydroxyl groups is 1. The minimum absolute atomic E-state index is 0.123. The van der Waals surface area contributed by atoms with Crippen LogP contribution in [0.15, 0.2) is 24.3 Å². The van der Waals surface area contributed by atoms with Crippen molar-refractivity contribution in [1.82, 2.24) is 14.7 Å². The van der Waals surface area contributed by atoms with Gasteiger partial charge in [-0.25, -0.2) is 0 Å². The molecule has 0 atom stereocenters. The van der Waals surface area contributed by atoms with Crippen LogP contribution in [0.3, 0.4) is 0 Å². The summed E-state index contributed by atoms with van der Waals surface area (Å²) in [4.78, 5) is 7.32. The van der Waals surface area contributed by atoms with Gasteiger partial charge >= 0.3 is 0 Å². The maximum absolute atomic E-state index is 9.08. The molecule has 22 heavy (non-hydrogen) atoms. The zero-order chi connectivity index (χ0) is 15.9. The fourth-order valence-corrected chi connectivity index (χ4v) is 3.09. The highest BCUT2D eigenvalue weighted by Gasteiger charge is 2.20. The van der Waals surface area contributed by atoms with E-state index in [0.717, 1.165) is 31.2 Å². The van der Waals surface area contributed by atoms with Crippen LogP contribution < -0.4 is 0 Å². The molecule has 4 heteroatoms. The lowest BCUT2D eigenvalue weighted by molar-refractivity contribution is 0.132. The second-order valence-electron chi connectivity index (χ2n) is 6.73. The predicted molar refractivity (Wildman–Crippen MR) is 91.8 cm³/mol. The second kappa shape index (κ2) is 8.63. The van der Waals surface area contributed by atoms with E-state index in [9.17, 15) is 0 Å². The second-order valence-corrected chi connectivity index (χ2v) is 6.73. The zero-order valence-corrected chi connectivity index (χ0v) is 14.3. The zero-order valence-electron chi connectivity index (χ0n) is 14.3. The number of hydrogen-bond donors (Lipinski definition) is 1. The number of likely N-dealkylation sites (tertiary alicyclic amines) is 1. The van der Waals surface area contributed by atoms with Crippen molar-refractivity contribution in [2.45, 2.75) is 32.0 Å². The fraction of sp³-hybridized carbons (Fsp3) is 0.667. The monoisotopic (exact) mass is 305 g/mol. The average molecular weight is 305 g/mol. The standard InChI is InChI=1S/C18H31N3O/c1-19-10-8-18(9-11-19)21(3)13-12-20(2)14-16-4-6-17(15-22)7-5-16/h4-7,18,22H,8-15H2,1-3H3. The van der Waals surface area contributed by atoms with Crippen molar-refractivity contribution in [3.63, 3.8) is 0 Å². The minimum Gasteiger partial charge on any atom is -0.392 e. The first-order valence-electron chi connectivity index (χ1n) is 8.34. The SMILES string of the molecule is CN1CCC(N(C)CCN(C)Cc2ccc(CO)cc2)CC1. The van der Waals surface area contributed by atoms with Gasteiger partial charge in [-0.05, 0) is 58.2 Å². The molecule has 1 N–H and O–H groups in total. The molecule has 0 bridgehead atoms. The first kappa shape index (κ1) is 17.4. The number of rotatable bonds is 7. The van der Waals surface area contributed by atoms with Gasteiger partial charge in [-0.1, -0.05) is 24.3 Å². The van der Waals surface area contributed by atoms with E-state index in [1.165, 1.54) is 31.5 Å². The smallest absolute Gasteiger partial charge is 0.0681 e. The molecular weight excluding hydrogens is 274 g/mol. The Morgan fingerprint density at radius 1 is 1.05 bits per heavy atom. The molecule has 0 unspecified atom stereocenters. The van der Waals surface area contributed by atoms with Crippen molar-refractivity contribution in [3.8, 4) is 0 Å². The van der Waals surface area contributed by atoms with Crippen LogP contribution in [0.4, 0.5) is 0 Å². The summed E-state index contributed by atoms with van der Waals surface area (Å²) < 4.78 is 0. The van der Waals surface area contributed by atoms with Crippen LogP contribution in [0.25, 0.3) is 0 Å². The van der Waals surface area contributed by atoms with E-state index in [0.29, 0.717) is 0 Å². The van der Waals surface area contributed by atoms with Crippen LogP contribution in [0.5, 0.6) is 0 Å². The molecule has 0 amide bonds. The lowest BCUT2D eigenvalue weighted by Crippen LogP contribution is -2.44. The van der Waals surface area contributed by atoms with Gasteiger partial charge in [-0.3, -0.25) is 0 Å². The maximum Gasteiger partial charge on any atom is 0.0681 e. The van der Waals surface area contributed by atoms with Gasteiger partial charge in [0.15, 0.2) is 0 Å². The normalized spacial score (nSPS) is 17.5. The average Bonchev–Trinajstić information content (AvgIpc) is 2.54. The predicted octanol–water partition coefficient (Wildman–Crippen LogP) is 1.64. The molecule has 1 heterocycles. The van der Waals surface area contributed by atoms with Gasteiger partial charge in [0.25, 0.3) is 0 Å². The first-order valence-corrected chi connectivity index (χ1v) is 8.34. The third-order valence-corrected chi connectivity index (χ3v) is 4.80. The summed E-state index contributed by atoms with van der Waals surface area (Å²) in [7, 11) is 6.66. The Bertz CT molecular complexity index is 426. The van der Waals surface area contributed by atoms with Crippen molar-refractivity contribution in [1.29, 1.82) is 0 Å². The number of nitrogens with zero attached hydrogens (tertiary/aromatic N) is 3. The summed E-state index contributed by atoms with van der Waals surface area (Å²) in [6.45, 7) is 5.75. The van der Waals surface area contributed by atoms with E-state index in [4.69, 9.17) is 5.11 Å². The molecule has 0 saturated carbocycles. The van der Waals surface area contributed by atoms with Gasteiger partial charge in [0.2, 0.25) is 0 Å². The van der Waals surface area contributed by atoms with Crippen LogP contribution in [0, 0.1) is 0 Å². The molecule has 124 valence electrons. The van der Waals surface area contributed by atoms with Gasteiger partial charge in [0.1, 0.15) is 0 Å². The highest BCUT2D eigenvalue weighted by Crippen LogP contribution is 2.14. The third kappa shape index (κ3) is 5.36. The highest BCUT2D eigenvalue weighted by atomic mass is 16.3. The molecule has 4 nitrogen and oxygen atoms in total. The lowest BCUT2D eigenvalue weighted by Gasteiger charge is -2.35. The number of piperidine rings is 1. The minimum atomic E-state index is 0.123. The van der Waals surface area contributed by atoms with Gasteiger partial charge in [-0.15, -0.1) is 0 Å². The van der Waals surface area contributed by atoms with Crippen molar-refractivity contribution in [2.24, 2.45) is 0 Å².